The smallest absolute Gasteiger partial charge is 0.204 e. The molecule has 0 bridgehead atoms. The summed E-state index contributed by atoms with van der Waals surface area (Å²) in [6.45, 7) is 6.50. The molecule has 1 aliphatic heterocycles. The first-order valence-electron chi connectivity index (χ1n) is 12.8. The number of rotatable bonds is 11. The zero-order chi connectivity index (χ0) is 27.2. The number of aromatic nitrogens is 4. The molecule has 0 saturated carbocycles. The van der Waals surface area contributed by atoms with Crippen LogP contribution in [-0.4, -0.2) is 76.2 Å². The van der Waals surface area contributed by atoms with Crippen molar-refractivity contribution in [2.24, 2.45) is 5.92 Å². The van der Waals surface area contributed by atoms with E-state index in [-0.39, 0.29) is 0 Å². The van der Waals surface area contributed by atoms with Crippen molar-refractivity contribution in [1.29, 1.82) is 0 Å². The molecular formula is C26H36FN7O2S2. The highest BCUT2D eigenvalue weighted by Crippen LogP contribution is 2.40. The Hall–Kier alpha value is -2.54. The first-order chi connectivity index (χ1) is 18.3. The number of aromatic amines is 1. The van der Waals surface area contributed by atoms with E-state index in [0.717, 1.165) is 49.9 Å². The fourth-order valence-electron chi connectivity index (χ4n) is 4.40. The van der Waals surface area contributed by atoms with Crippen LogP contribution in [0, 0.1) is 18.7 Å². The number of ether oxygens (including phenoxy) is 1. The van der Waals surface area contributed by atoms with Crippen molar-refractivity contribution >= 4 is 40.4 Å². The van der Waals surface area contributed by atoms with E-state index < -0.39 is 17.0 Å². The highest BCUT2D eigenvalue weighted by Gasteiger charge is 2.26. The second-order valence-corrected chi connectivity index (χ2v) is 12.4. The van der Waals surface area contributed by atoms with Crippen LogP contribution in [0.4, 0.5) is 21.8 Å². The molecule has 12 heteroatoms. The first-order valence-corrected chi connectivity index (χ1v) is 14.9. The van der Waals surface area contributed by atoms with Crippen molar-refractivity contribution in [3.63, 3.8) is 0 Å². The molecule has 3 heterocycles. The normalized spacial score (nSPS) is 15.2. The van der Waals surface area contributed by atoms with Gasteiger partial charge < -0.3 is 24.4 Å². The minimum atomic E-state index is -1.22. The monoisotopic (exact) mass is 561 g/mol. The molecule has 3 aromatic rings. The number of piperidine rings is 1. The van der Waals surface area contributed by atoms with Crippen LogP contribution in [-0.2, 0) is 11.2 Å². The number of hydrogen-bond donors (Lipinski definition) is 2. The minimum Gasteiger partial charge on any atom is -0.611 e. The van der Waals surface area contributed by atoms with Gasteiger partial charge in [-0.1, -0.05) is 0 Å². The van der Waals surface area contributed by atoms with E-state index >= 15 is 0 Å². The SMILES string of the molecule is CC[S+]([O-])c1ccc(Sc2nc(Nc3cc(C)[nH]n3)c(OC)c(N3CCC(CCN(C)C)CC3)n2)c(F)c1. The highest BCUT2D eigenvalue weighted by atomic mass is 32.2. The fourth-order valence-corrected chi connectivity index (χ4v) is 5.95. The van der Waals surface area contributed by atoms with Gasteiger partial charge in [0.15, 0.2) is 27.5 Å². The zero-order valence-corrected chi connectivity index (χ0v) is 24.2. The number of nitrogens with zero attached hydrogens (tertiary/aromatic N) is 5. The molecule has 2 N–H and O–H groups in total. The number of hydrogen-bond acceptors (Lipinski definition) is 9. The van der Waals surface area contributed by atoms with Gasteiger partial charge in [-0.3, -0.25) is 5.10 Å². The summed E-state index contributed by atoms with van der Waals surface area (Å²) < 4.78 is 32.9. The Bertz CT molecular complexity index is 1220. The molecule has 206 valence electrons. The van der Waals surface area contributed by atoms with Crippen molar-refractivity contribution in [1.82, 2.24) is 25.1 Å². The number of H-pyrrole nitrogens is 1. The topological polar surface area (TPSA) is 105 Å². The summed E-state index contributed by atoms with van der Waals surface area (Å²) in [5.41, 5.74) is 0.904. The highest BCUT2D eigenvalue weighted by molar-refractivity contribution is 7.99. The van der Waals surface area contributed by atoms with E-state index in [4.69, 9.17) is 9.72 Å². The van der Waals surface area contributed by atoms with E-state index in [1.54, 1.807) is 19.2 Å². The van der Waals surface area contributed by atoms with Gasteiger partial charge in [0, 0.05) is 30.9 Å². The van der Waals surface area contributed by atoms with Gasteiger partial charge in [0.05, 0.1) is 12.0 Å². The van der Waals surface area contributed by atoms with Crippen molar-refractivity contribution in [2.75, 3.05) is 56.8 Å². The average molecular weight is 562 g/mol. The Balaban J connectivity index is 1.64. The summed E-state index contributed by atoms with van der Waals surface area (Å²) in [7, 11) is 5.82. The zero-order valence-electron chi connectivity index (χ0n) is 22.6. The molecule has 0 amide bonds. The van der Waals surface area contributed by atoms with Crippen LogP contribution >= 0.6 is 11.8 Å². The maximum Gasteiger partial charge on any atom is 0.204 e. The Morgan fingerprint density at radius 2 is 2.03 bits per heavy atom. The maximum absolute atomic E-state index is 15.0. The molecule has 0 aliphatic carbocycles. The lowest BCUT2D eigenvalue weighted by Crippen LogP contribution is -2.35. The van der Waals surface area contributed by atoms with E-state index in [9.17, 15) is 8.94 Å². The molecule has 1 unspecified atom stereocenters. The van der Waals surface area contributed by atoms with Crippen molar-refractivity contribution < 1.29 is 13.7 Å². The summed E-state index contributed by atoms with van der Waals surface area (Å²) in [6.07, 6.45) is 3.30. The summed E-state index contributed by atoms with van der Waals surface area (Å²) in [4.78, 5) is 14.8. The van der Waals surface area contributed by atoms with Gasteiger partial charge in [-0.2, -0.15) is 5.10 Å². The molecule has 1 fully saturated rings. The second-order valence-electron chi connectivity index (χ2n) is 9.62. The lowest BCUT2D eigenvalue weighted by atomic mass is 9.93. The van der Waals surface area contributed by atoms with Crippen molar-refractivity contribution in [3.8, 4) is 5.75 Å². The van der Waals surface area contributed by atoms with Crippen molar-refractivity contribution in [2.45, 2.75) is 48.1 Å². The van der Waals surface area contributed by atoms with E-state index in [1.165, 1.54) is 12.5 Å². The number of benzene rings is 1. The van der Waals surface area contributed by atoms with Gasteiger partial charge in [-0.25, -0.2) is 14.4 Å². The lowest BCUT2D eigenvalue weighted by Gasteiger charge is -2.34. The number of nitrogens with one attached hydrogen (secondary N) is 2. The van der Waals surface area contributed by atoms with Gasteiger partial charge in [0.25, 0.3) is 0 Å². The van der Waals surface area contributed by atoms with Crippen LogP contribution in [0.3, 0.4) is 0 Å². The molecule has 38 heavy (non-hydrogen) atoms. The standard InChI is InChI=1S/C26H36FN7O2S2/c1-6-38(35)19-7-8-21(20(27)16-19)37-26-29-24(28-22-15-17(2)31-32-22)23(36-5)25(30-26)34-13-10-18(11-14-34)9-12-33(3)4/h7-8,15-16,18H,6,9-14H2,1-5H3,(H2,28,29,30,31,32). The number of methoxy groups -OCH3 is 1. The van der Waals surface area contributed by atoms with E-state index in [2.05, 4.69) is 44.4 Å². The predicted molar refractivity (Wildman–Crippen MR) is 151 cm³/mol. The first kappa shape index (κ1) is 28.5. The molecule has 1 saturated heterocycles. The number of aryl methyl sites for hydroxylation is 1. The van der Waals surface area contributed by atoms with Crippen molar-refractivity contribution in [3.05, 3.63) is 35.8 Å². The minimum absolute atomic E-state index is 0.363. The van der Waals surface area contributed by atoms with E-state index in [0.29, 0.717) is 49.8 Å². The van der Waals surface area contributed by atoms with Gasteiger partial charge in [0.1, 0.15) is 11.6 Å². The Labute approximate surface area is 231 Å². The molecule has 0 spiro atoms. The maximum atomic E-state index is 15.0. The second kappa shape index (κ2) is 13.0. The molecule has 9 nitrogen and oxygen atoms in total. The van der Waals surface area contributed by atoms with Crippen LogP contribution in [0.15, 0.2) is 39.2 Å². The van der Waals surface area contributed by atoms with Crippen LogP contribution in [0.25, 0.3) is 0 Å². The third-order valence-corrected chi connectivity index (χ3v) is 8.73. The van der Waals surface area contributed by atoms with Crippen LogP contribution in [0.5, 0.6) is 5.75 Å². The van der Waals surface area contributed by atoms with Crippen LogP contribution in [0.2, 0.25) is 0 Å². The third-order valence-electron chi connectivity index (χ3n) is 6.51. The summed E-state index contributed by atoms with van der Waals surface area (Å²) in [5, 5.41) is 10.8. The summed E-state index contributed by atoms with van der Waals surface area (Å²) in [6, 6.07) is 6.53. The molecule has 4 rings (SSSR count). The largest absolute Gasteiger partial charge is 0.611 e. The average Bonchev–Trinajstić information content (AvgIpc) is 3.32. The number of anilines is 3. The molecule has 1 atom stereocenters. The van der Waals surface area contributed by atoms with Crippen LogP contribution in [0.1, 0.15) is 31.9 Å². The van der Waals surface area contributed by atoms with Gasteiger partial charge in [0.2, 0.25) is 5.75 Å². The Kier molecular flexibility index (Phi) is 9.74. The van der Waals surface area contributed by atoms with Gasteiger partial charge in [-0.15, -0.1) is 0 Å². The van der Waals surface area contributed by atoms with Crippen LogP contribution < -0.4 is 15.0 Å². The number of halogens is 1. The lowest BCUT2D eigenvalue weighted by molar-refractivity contribution is 0.311. The van der Waals surface area contributed by atoms with Gasteiger partial charge >= 0.3 is 0 Å². The van der Waals surface area contributed by atoms with Gasteiger partial charge in [-0.05, 0) is 94.7 Å². The molecular weight excluding hydrogens is 525 g/mol. The molecule has 1 aromatic carbocycles. The third kappa shape index (κ3) is 7.10. The molecule has 2 aromatic heterocycles. The molecule has 1 aliphatic rings. The Morgan fingerprint density at radius 3 is 2.63 bits per heavy atom. The predicted octanol–water partition coefficient (Wildman–Crippen LogP) is 4.85. The Morgan fingerprint density at radius 1 is 1.26 bits per heavy atom. The molecule has 0 radical (unpaired) electrons. The fraction of sp³-hybridized carbons (Fsp3) is 0.500. The van der Waals surface area contributed by atoms with E-state index in [1.807, 2.05) is 19.9 Å². The quantitative estimate of drug-likeness (QED) is 0.251. The summed E-state index contributed by atoms with van der Waals surface area (Å²) >= 11 is -0.0956. The summed E-state index contributed by atoms with van der Waals surface area (Å²) in [5.74, 6) is 2.91.